The Labute approximate surface area is 196 Å². The second-order valence-electron chi connectivity index (χ2n) is 10.7. The molecule has 6 heteroatoms. The van der Waals surface area contributed by atoms with Crippen molar-refractivity contribution in [3.8, 4) is 11.5 Å². The number of nitrogens with zero attached hydrogens (tertiary/aromatic N) is 2. The van der Waals surface area contributed by atoms with E-state index >= 15 is 0 Å². The zero-order chi connectivity index (χ0) is 22.6. The van der Waals surface area contributed by atoms with Gasteiger partial charge in [-0.05, 0) is 54.9 Å². The lowest BCUT2D eigenvalue weighted by atomic mass is 9.62. The number of allylic oxidation sites excluding steroid dienone is 3. The molecule has 6 nitrogen and oxygen atoms in total. The molecule has 3 heterocycles. The summed E-state index contributed by atoms with van der Waals surface area (Å²) < 4.78 is 16.9. The predicted octanol–water partition coefficient (Wildman–Crippen LogP) is 3.77. The van der Waals surface area contributed by atoms with E-state index in [9.17, 15) is 4.79 Å². The molecule has 1 aromatic rings. The fourth-order valence-corrected chi connectivity index (χ4v) is 6.54. The maximum Gasteiger partial charge on any atom is 0.311 e. The summed E-state index contributed by atoms with van der Waals surface area (Å²) >= 11 is 0. The third-order valence-corrected chi connectivity index (χ3v) is 8.46. The SMILES string of the molecule is CC1=CCCC2(C)CC3OC(=O)C(CN4CCN(Cc5ccc6c(c5)OCO6)CC4)C3C=C12. The quantitative estimate of drug-likeness (QED) is 0.651. The fourth-order valence-electron chi connectivity index (χ4n) is 6.54. The number of rotatable bonds is 4. The monoisotopic (exact) mass is 450 g/mol. The number of carbonyl (C=O) groups excluding carboxylic acids is 1. The molecule has 176 valence electrons. The van der Waals surface area contributed by atoms with Gasteiger partial charge in [0.2, 0.25) is 6.79 Å². The number of ether oxygens (including phenoxy) is 3. The third-order valence-electron chi connectivity index (χ3n) is 8.46. The Morgan fingerprint density at radius 2 is 1.88 bits per heavy atom. The van der Waals surface area contributed by atoms with Gasteiger partial charge in [-0.2, -0.15) is 0 Å². The molecule has 6 rings (SSSR count). The highest BCUT2D eigenvalue weighted by Gasteiger charge is 2.51. The highest BCUT2D eigenvalue weighted by Crippen LogP contribution is 2.52. The summed E-state index contributed by atoms with van der Waals surface area (Å²) in [5.74, 6) is 1.87. The summed E-state index contributed by atoms with van der Waals surface area (Å²) in [6.07, 6.45) is 8.08. The normalized spacial score (nSPS) is 33.8. The zero-order valence-electron chi connectivity index (χ0n) is 19.7. The average molecular weight is 451 g/mol. The molecule has 3 aliphatic heterocycles. The van der Waals surface area contributed by atoms with Gasteiger partial charge in [0, 0.05) is 45.2 Å². The summed E-state index contributed by atoms with van der Waals surface area (Å²) in [6, 6.07) is 6.22. The summed E-state index contributed by atoms with van der Waals surface area (Å²) in [4.78, 5) is 17.8. The van der Waals surface area contributed by atoms with Gasteiger partial charge >= 0.3 is 5.97 Å². The van der Waals surface area contributed by atoms with E-state index in [0.29, 0.717) is 6.79 Å². The van der Waals surface area contributed by atoms with Crippen LogP contribution in [-0.2, 0) is 16.1 Å². The van der Waals surface area contributed by atoms with Crippen molar-refractivity contribution >= 4 is 5.97 Å². The predicted molar refractivity (Wildman–Crippen MR) is 125 cm³/mol. The molecule has 0 bridgehead atoms. The van der Waals surface area contributed by atoms with Crippen molar-refractivity contribution in [3.05, 3.63) is 47.1 Å². The van der Waals surface area contributed by atoms with Crippen molar-refractivity contribution in [1.82, 2.24) is 9.80 Å². The highest BCUT2D eigenvalue weighted by atomic mass is 16.7. The fraction of sp³-hybridized carbons (Fsp3) is 0.593. The second-order valence-corrected chi connectivity index (χ2v) is 10.7. The first-order chi connectivity index (χ1) is 16.0. The molecular formula is C27H34N2O4. The van der Waals surface area contributed by atoms with E-state index in [1.807, 2.05) is 6.07 Å². The largest absolute Gasteiger partial charge is 0.461 e. The third kappa shape index (κ3) is 3.87. The Balaban J connectivity index is 1.08. The van der Waals surface area contributed by atoms with Crippen LogP contribution in [0.15, 0.2) is 41.5 Å². The number of fused-ring (bicyclic) bond motifs is 3. The van der Waals surface area contributed by atoms with E-state index in [1.54, 1.807) is 0 Å². The van der Waals surface area contributed by atoms with Crippen molar-refractivity contribution in [2.75, 3.05) is 39.5 Å². The summed E-state index contributed by atoms with van der Waals surface area (Å²) in [7, 11) is 0. The first-order valence-electron chi connectivity index (χ1n) is 12.4. The van der Waals surface area contributed by atoms with Crippen LogP contribution in [0.25, 0.3) is 0 Å². The standard InChI is InChI=1S/C27H34N2O4/c1-18-4-3-7-27(2)14-25-20(13-22(18)27)21(26(30)33-25)16-29-10-8-28(9-11-29)15-19-5-6-23-24(12-19)32-17-31-23/h4-6,12-13,20-21,25H,3,7-11,14-17H2,1-2H3. The average Bonchev–Trinajstić information content (AvgIpc) is 3.37. The number of hydrogen-bond donors (Lipinski definition) is 0. The van der Waals surface area contributed by atoms with Crippen LogP contribution >= 0.6 is 0 Å². The molecule has 0 saturated carbocycles. The zero-order valence-corrected chi connectivity index (χ0v) is 19.7. The molecule has 5 aliphatic rings. The van der Waals surface area contributed by atoms with Crippen LogP contribution in [0.3, 0.4) is 0 Å². The van der Waals surface area contributed by atoms with Crippen LogP contribution < -0.4 is 9.47 Å². The Bertz CT molecular complexity index is 1010. The van der Waals surface area contributed by atoms with Gasteiger partial charge in [-0.25, -0.2) is 0 Å². The Morgan fingerprint density at radius 1 is 1.09 bits per heavy atom. The smallest absolute Gasteiger partial charge is 0.311 e. The molecule has 0 aromatic heterocycles. The summed E-state index contributed by atoms with van der Waals surface area (Å²) in [5.41, 5.74) is 4.28. The van der Waals surface area contributed by atoms with E-state index in [0.717, 1.165) is 70.0 Å². The van der Waals surface area contributed by atoms with Crippen molar-refractivity contribution in [3.63, 3.8) is 0 Å². The molecule has 2 saturated heterocycles. The van der Waals surface area contributed by atoms with Crippen LogP contribution in [0.2, 0.25) is 0 Å². The second kappa shape index (κ2) is 8.17. The lowest BCUT2D eigenvalue weighted by Gasteiger charge is -2.43. The van der Waals surface area contributed by atoms with Gasteiger partial charge in [0.25, 0.3) is 0 Å². The molecule has 0 spiro atoms. The van der Waals surface area contributed by atoms with Crippen LogP contribution in [0.4, 0.5) is 0 Å². The molecule has 4 unspecified atom stereocenters. The number of piperazine rings is 1. The van der Waals surface area contributed by atoms with E-state index < -0.39 is 0 Å². The molecular weight excluding hydrogens is 416 g/mol. The van der Waals surface area contributed by atoms with Crippen molar-refractivity contribution in [1.29, 1.82) is 0 Å². The molecule has 2 fully saturated rings. The minimum absolute atomic E-state index is 0.00789. The van der Waals surface area contributed by atoms with Crippen LogP contribution in [0, 0.1) is 17.3 Å². The highest BCUT2D eigenvalue weighted by molar-refractivity contribution is 5.76. The lowest BCUT2D eigenvalue weighted by Crippen LogP contribution is -2.48. The van der Waals surface area contributed by atoms with Gasteiger partial charge in [-0.15, -0.1) is 0 Å². The summed E-state index contributed by atoms with van der Waals surface area (Å²) in [6.45, 7) is 10.6. The van der Waals surface area contributed by atoms with Gasteiger partial charge in [0.1, 0.15) is 6.10 Å². The van der Waals surface area contributed by atoms with E-state index in [2.05, 4.69) is 47.9 Å². The van der Waals surface area contributed by atoms with Gasteiger partial charge in [-0.3, -0.25) is 14.6 Å². The van der Waals surface area contributed by atoms with Crippen LogP contribution in [0.5, 0.6) is 11.5 Å². The van der Waals surface area contributed by atoms with E-state index in [-0.39, 0.29) is 29.3 Å². The number of carbonyl (C=O) groups is 1. The number of esters is 1. The van der Waals surface area contributed by atoms with Crippen molar-refractivity contribution < 1.29 is 19.0 Å². The lowest BCUT2D eigenvalue weighted by molar-refractivity contribution is -0.145. The summed E-state index contributed by atoms with van der Waals surface area (Å²) in [5, 5.41) is 0. The van der Waals surface area contributed by atoms with Gasteiger partial charge < -0.3 is 14.2 Å². The Morgan fingerprint density at radius 3 is 2.73 bits per heavy atom. The minimum atomic E-state index is -0.0396. The number of benzene rings is 1. The van der Waals surface area contributed by atoms with Crippen molar-refractivity contribution in [2.45, 2.75) is 45.8 Å². The van der Waals surface area contributed by atoms with Crippen LogP contribution in [-0.4, -0.2) is 61.4 Å². The van der Waals surface area contributed by atoms with E-state index in [4.69, 9.17) is 14.2 Å². The number of hydrogen-bond acceptors (Lipinski definition) is 6. The molecule has 0 N–H and O–H groups in total. The first-order valence-corrected chi connectivity index (χ1v) is 12.4. The van der Waals surface area contributed by atoms with E-state index in [1.165, 1.54) is 16.7 Å². The maximum absolute atomic E-state index is 12.9. The van der Waals surface area contributed by atoms with Crippen LogP contribution in [0.1, 0.15) is 38.7 Å². The molecule has 2 aliphatic carbocycles. The van der Waals surface area contributed by atoms with Crippen molar-refractivity contribution in [2.24, 2.45) is 17.3 Å². The topological polar surface area (TPSA) is 51.2 Å². The van der Waals surface area contributed by atoms with Gasteiger partial charge in [0.05, 0.1) is 5.92 Å². The van der Waals surface area contributed by atoms with Gasteiger partial charge in [0.15, 0.2) is 11.5 Å². The maximum atomic E-state index is 12.9. The minimum Gasteiger partial charge on any atom is -0.461 e. The molecule has 0 radical (unpaired) electrons. The Hall–Kier alpha value is -2.31. The van der Waals surface area contributed by atoms with Gasteiger partial charge in [-0.1, -0.05) is 30.7 Å². The Kier molecular flexibility index (Phi) is 5.26. The first kappa shape index (κ1) is 21.2. The molecule has 33 heavy (non-hydrogen) atoms. The molecule has 1 aromatic carbocycles. The molecule has 0 amide bonds. The molecule has 4 atom stereocenters.